The lowest BCUT2D eigenvalue weighted by Crippen LogP contribution is -2.42. The van der Waals surface area contributed by atoms with Gasteiger partial charge in [0.1, 0.15) is 12.3 Å². The van der Waals surface area contributed by atoms with E-state index in [1.165, 1.54) is 7.11 Å². The van der Waals surface area contributed by atoms with E-state index in [9.17, 15) is 22.8 Å². The minimum Gasteiger partial charge on any atom is -0.497 e. The summed E-state index contributed by atoms with van der Waals surface area (Å²) in [4.78, 5) is 39.2. The number of primary amides is 1. The van der Waals surface area contributed by atoms with Gasteiger partial charge in [-0.3, -0.25) is 14.4 Å². The molecule has 1 unspecified atom stereocenters. The summed E-state index contributed by atoms with van der Waals surface area (Å²) in [6.07, 6.45) is 3.24. The molecule has 3 aromatic carbocycles. The lowest BCUT2D eigenvalue weighted by Gasteiger charge is -2.25. The van der Waals surface area contributed by atoms with Crippen molar-refractivity contribution in [2.45, 2.75) is 45.6 Å². The Morgan fingerprint density at radius 1 is 0.909 bits per heavy atom. The van der Waals surface area contributed by atoms with Gasteiger partial charge in [-0.1, -0.05) is 74.4 Å². The first-order chi connectivity index (χ1) is 21.1. The summed E-state index contributed by atoms with van der Waals surface area (Å²) in [5.41, 5.74) is 8.34. The molecule has 1 saturated heterocycles. The fourth-order valence-electron chi connectivity index (χ4n) is 5.36. The zero-order chi connectivity index (χ0) is 31.7. The second-order valence-electron chi connectivity index (χ2n) is 10.9. The Morgan fingerprint density at radius 3 is 2.25 bits per heavy atom. The minimum atomic E-state index is -4.16. The van der Waals surface area contributed by atoms with Gasteiger partial charge in [0.05, 0.1) is 31.2 Å². The van der Waals surface area contributed by atoms with E-state index in [4.69, 9.17) is 10.5 Å². The van der Waals surface area contributed by atoms with Crippen LogP contribution in [0.5, 0.6) is 5.75 Å². The van der Waals surface area contributed by atoms with E-state index in [1.807, 2.05) is 30.3 Å². The van der Waals surface area contributed by atoms with Gasteiger partial charge in [0.2, 0.25) is 11.8 Å². The lowest BCUT2D eigenvalue weighted by molar-refractivity contribution is -0.133. The standard InChI is InChI=1S/C33H40N4O6S/c1-3-4-8-18-35-33(40)30(29(32(34)39)20-24-10-6-5-7-11-24)21-26-12-9-13-27(19-26)36-23-31(38)37(44(36,41)42)22-25-14-16-28(43-2)17-15-25/h5-7,9-17,19,29-30H,3-4,8,18,20-23H2,1-2H3,(H2,34,39)(H,35,40)/t29?,30-/m0/s1. The van der Waals surface area contributed by atoms with Gasteiger partial charge in [-0.25, -0.2) is 8.61 Å². The molecule has 0 spiro atoms. The van der Waals surface area contributed by atoms with Crippen LogP contribution in [-0.4, -0.2) is 50.6 Å². The zero-order valence-corrected chi connectivity index (χ0v) is 26.0. The number of nitrogens with two attached hydrogens (primary N) is 1. The number of nitrogens with zero attached hydrogens (tertiary/aromatic N) is 2. The van der Waals surface area contributed by atoms with E-state index < -0.39 is 33.9 Å². The second kappa shape index (κ2) is 14.9. The van der Waals surface area contributed by atoms with Crippen molar-refractivity contribution in [3.05, 3.63) is 95.6 Å². The molecular weight excluding hydrogens is 580 g/mol. The third kappa shape index (κ3) is 7.96. The highest BCUT2D eigenvalue weighted by atomic mass is 32.2. The number of ether oxygens (including phenoxy) is 1. The average molecular weight is 621 g/mol. The predicted molar refractivity (Wildman–Crippen MR) is 169 cm³/mol. The number of methoxy groups -OCH3 is 1. The van der Waals surface area contributed by atoms with Gasteiger partial charge in [-0.05, 0) is 60.2 Å². The van der Waals surface area contributed by atoms with Crippen LogP contribution in [0.1, 0.15) is 42.9 Å². The third-order valence-electron chi connectivity index (χ3n) is 7.82. The number of rotatable bonds is 15. The number of carbonyl (C=O) groups excluding carboxylic acids is 3. The monoisotopic (exact) mass is 620 g/mol. The van der Waals surface area contributed by atoms with E-state index in [2.05, 4.69) is 12.2 Å². The Balaban J connectivity index is 1.58. The van der Waals surface area contributed by atoms with Gasteiger partial charge in [0, 0.05) is 6.54 Å². The number of unbranched alkanes of at least 4 members (excludes halogenated alkanes) is 2. The highest BCUT2D eigenvalue weighted by molar-refractivity contribution is 7.91. The molecule has 3 aromatic rings. The maximum atomic E-state index is 13.5. The van der Waals surface area contributed by atoms with E-state index in [-0.39, 0.29) is 31.8 Å². The number of hydrogen-bond donors (Lipinski definition) is 2. The van der Waals surface area contributed by atoms with Gasteiger partial charge in [0.15, 0.2) is 0 Å². The van der Waals surface area contributed by atoms with Crippen molar-refractivity contribution in [2.75, 3.05) is 24.5 Å². The van der Waals surface area contributed by atoms with Crippen LogP contribution in [0, 0.1) is 11.8 Å². The number of carbonyl (C=O) groups is 3. The lowest BCUT2D eigenvalue weighted by atomic mass is 9.81. The number of anilines is 1. The minimum absolute atomic E-state index is 0.110. The van der Waals surface area contributed by atoms with Crippen molar-refractivity contribution in [3.8, 4) is 5.75 Å². The molecule has 10 nitrogen and oxygen atoms in total. The normalized spacial score (nSPS) is 15.5. The molecule has 3 amide bonds. The first-order valence-corrected chi connectivity index (χ1v) is 16.2. The third-order valence-corrected chi connectivity index (χ3v) is 9.61. The SMILES string of the molecule is CCCCCNC(=O)[C@@H](Cc1cccc(N2CC(=O)N(Cc3ccc(OC)cc3)S2(=O)=O)c1)C(Cc1ccccc1)C(N)=O. The van der Waals surface area contributed by atoms with Gasteiger partial charge in [-0.15, -0.1) is 0 Å². The summed E-state index contributed by atoms with van der Waals surface area (Å²) >= 11 is 0. The van der Waals surface area contributed by atoms with Crippen LogP contribution in [0.2, 0.25) is 0 Å². The molecule has 0 radical (unpaired) electrons. The summed E-state index contributed by atoms with van der Waals surface area (Å²) in [7, 11) is -2.62. The van der Waals surface area contributed by atoms with E-state index in [0.717, 1.165) is 33.4 Å². The summed E-state index contributed by atoms with van der Waals surface area (Å²) in [5.74, 6) is -2.36. The van der Waals surface area contributed by atoms with E-state index in [0.29, 0.717) is 29.1 Å². The molecule has 1 fully saturated rings. The molecule has 44 heavy (non-hydrogen) atoms. The topological polar surface area (TPSA) is 139 Å². The van der Waals surface area contributed by atoms with Crippen LogP contribution in [0.3, 0.4) is 0 Å². The van der Waals surface area contributed by atoms with Crippen molar-refractivity contribution < 1.29 is 27.5 Å². The van der Waals surface area contributed by atoms with Crippen LogP contribution in [0.4, 0.5) is 5.69 Å². The molecule has 11 heteroatoms. The molecular formula is C33H40N4O6S. The zero-order valence-electron chi connectivity index (χ0n) is 25.1. The van der Waals surface area contributed by atoms with Crippen molar-refractivity contribution in [3.63, 3.8) is 0 Å². The first kappa shape index (κ1) is 32.5. The Hall–Kier alpha value is -4.38. The van der Waals surface area contributed by atoms with Crippen LogP contribution in [-0.2, 0) is 44.0 Å². The average Bonchev–Trinajstić information content (AvgIpc) is 3.25. The number of nitrogens with one attached hydrogen (secondary N) is 1. The van der Waals surface area contributed by atoms with Gasteiger partial charge >= 0.3 is 10.2 Å². The van der Waals surface area contributed by atoms with Crippen LogP contribution in [0.25, 0.3) is 0 Å². The first-order valence-electron chi connectivity index (χ1n) is 14.8. The predicted octanol–water partition coefficient (Wildman–Crippen LogP) is 3.60. The molecule has 1 aliphatic rings. The molecule has 0 aromatic heterocycles. The molecule has 0 aliphatic carbocycles. The summed E-state index contributed by atoms with van der Waals surface area (Å²) in [6, 6.07) is 22.9. The van der Waals surface area contributed by atoms with Crippen molar-refractivity contribution in [1.29, 1.82) is 0 Å². The Kier molecular flexibility index (Phi) is 11.0. The Labute approximate surface area is 259 Å². The molecule has 1 aliphatic heterocycles. The molecule has 2 atom stereocenters. The van der Waals surface area contributed by atoms with Crippen molar-refractivity contribution in [1.82, 2.24) is 9.62 Å². The largest absolute Gasteiger partial charge is 0.497 e. The fourth-order valence-corrected chi connectivity index (χ4v) is 6.88. The van der Waals surface area contributed by atoms with Crippen molar-refractivity contribution >= 4 is 33.6 Å². The van der Waals surface area contributed by atoms with Gasteiger partial charge in [0.25, 0.3) is 5.91 Å². The smallest absolute Gasteiger partial charge is 0.329 e. The summed E-state index contributed by atoms with van der Waals surface area (Å²) in [6.45, 7) is 2.10. The molecule has 3 N–H and O–H groups in total. The molecule has 1 heterocycles. The quantitative estimate of drug-likeness (QED) is 0.249. The highest BCUT2D eigenvalue weighted by Crippen LogP contribution is 2.30. The highest BCUT2D eigenvalue weighted by Gasteiger charge is 2.43. The van der Waals surface area contributed by atoms with Crippen molar-refractivity contribution in [2.24, 2.45) is 17.6 Å². The fraction of sp³-hybridized carbons (Fsp3) is 0.364. The Morgan fingerprint density at radius 2 is 1.59 bits per heavy atom. The number of amides is 3. The molecule has 234 valence electrons. The maximum Gasteiger partial charge on any atom is 0.329 e. The maximum absolute atomic E-state index is 13.5. The molecule has 4 rings (SSSR count). The second-order valence-corrected chi connectivity index (χ2v) is 12.7. The summed E-state index contributed by atoms with van der Waals surface area (Å²) < 4.78 is 34.1. The summed E-state index contributed by atoms with van der Waals surface area (Å²) in [5, 5.41) is 2.97. The van der Waals surface area contributed by atoms with Gasteiger partial charge < -0.3 is 15.8 Å². The van der Waals surface area contributed by atoms with Crippen LogP contribution < -0.4 is 20.1 Å². The van der Waals surface area contributed by atoms with E-state index in [1.54, 1.807) is 48.5 Å². The van der Waals surface area contributed by atoms with Crippen LogP contribution in [0.15, 0.2) is 78.9 Å². The van der Waals surface area contributed by atoms with Gasteiger partial charge in [-0.2, -0.15) is 8.42 Å². The van der Waals surface area contributed by atoms with Crippen LogP contribution >= 0.6 is 0 Å². The van der Waals surface area contributed by atoms with E-state index >= 15 is 0 Å². The Bertz CT molecular complexity index is 1550. The number of benzene rings is 3. The number of hydrogen-bond acceptors (Lipinski definition) is 6. The molecule has 0 saturated carbocycles. The molecule has 0 bridgehead atoms.